The summed E-state index contributed by atoms with van der Waals surface area (Å²) < 4.78 is 37.6. The number of benzene rings is 1. The number of amides is 1. The molecule has 3 nitrogen and oxygen atoms in total. The van der Waals surface area contributed by atoms with Crippen LogP contribution in [0.4, 0.5) is 18.9 Å². The molecule has 1 heterocycles. The Hall–Kier alpha value is -1.72. The maximum Gasteiger partial charge on any atom is 0.406 e. The van der Waals surface area contributed by atoms with Crippen LogP contribution in [0.2, 0.25) is 0 Å². The van der Waals surface area contributed by atoms with Gasteiger partial charge in [-0.1, -0.05) is 25.1 Å². The van der Waals surface area contributed by atoms with Gasteiger partial charge in [-0.25, -0.2) is 0 Å². The second kappa shape index (κ2) is 5.73. The Kier molecular flexibility index (Phi) is 4.20. The quantitative estimate of drug-likeness (QED) is 0.923. The molecule has 0 fully saturated rings. The van der Waals surface area contributed by atoms with Crippen molar-refractivity contribution in [3.8, 4) is 0 Å². The van der Waals surface area contributed by atoms with Crippen molar-refractivity contribution in [2.24, 2.45) is 0 Å². The molecule has 1 N–H and O–H groups in total. The Morgan fingerprint density at radius 1 is 1.40 bits per heavy atom. The molecule has 0 saturated heterocycles. The van der Waals surface area contributed by atoms with Crippen LogP contribution in [0, 0.1) is 0 Å². The number of fused-ring (bicyclic) bond motifs is 1. The van der Waals surface area contributed by atoms with E-state index in [4.69, 9.17) is 0 Å². The molecule has 1 atom stereocenters. The van der Waals surface area contributed by atoms with Gasteiger partial charge in [0.25, 0.3) is 0 Å². The van der Waals surface area contributed by atoms with Crippen LogP contribution < -0.4 is 5.32 Å². The lowest BCUT2D eigenvalue weighted by atomic mass is 10.1. The van der Waals surface area contributed by atoms with Crippen LogP contribution in [0.5, 0.6) is 0 Å². The summed E-state index contributed by atoms with van der Waals surface area (Å²) in [5.74, 6) is -0.486. The highest BCUT2D eigenvalue weighted by Crippen LogP contribution is 2.27. The summed E-state index contributed by atoms with van der Waals surface area (Å²) in [6.45, 7) is 0.689. The summed E-state index contributed by atoms with van der Waals surface area (Å²) in [5.41, 5.74) is 1.80. The van der Waals surface area contributed by atoms with Gasteiger partial charge in [0.05, 0.1) is 0 Å². The van der Waals surface area contributed by atoms with Gasteiger partial charge in [-0.15, -0.1) is 0 Å². The lowest BCUT2D eigenvalue weighted by Crippen LogP contribution is -2.46. The molecule has 1 unspecified atom stereocenters. The highest BCUT2D eigenvalue weighted by molar-refractivity contribution is 5.87. The fourth-order valence-electron chi connectivity index (χ4n) is 2.42. The summed E-state index contributed by atoms with van der Waals surface area (Å²) in [7, 11) is 0. The number of anilines is 1. The molecule has 0 aromatic heterocycles. The van der Waals surface area contributed by atoms with Gasteiger partial charge in [0.2, 0.25) is 5.91 Å². The predicted octanol–water partition coefficient (Wildman–Crippen LogP) is 2.82. The molecule has 110 valence electrons. The van der Waals surface area contributed by atoms with Crippen molar-refractivity contribution in [3.63, 3.8) is 0 Å². The zero-order valence-electron chi connectivity index (χ0n) is 11.2. The molecular weight excluding hydrogens is 269 g/mol. The van der Waals surface area contributed by atoms with E-state index in [0.717, 1.165) is 16.2 Å². The second-order valence-corrected chi connectivity index (χ2v) is 4.93. The van der Waals surface area contributed by atoms with Gasteiger partial charge < -0.3 is 10.2 Å². The Morgan fingerprint density at radius 2 is 2.10 bits per heavy atom. The van der Waals surface area contributed by atoms with Crippen molar-refractivity contribution in [2.45, 2.75) is 32.0 Å². The van der Waals surface area contributed by atoms with Crippen molar-refractivity contribution >= 4 is 11.6 Å². The molecule has 2 rings (SSSR count). The molecule has 0 spiro atoms. The van der Waals surface area contributed by atoms with Gasteiger partial charge in [-0.3, -0.25) is 4.79 Å². The largest absolute Gasteiger partial charge is 0.406 e. The smallest absolute Gasteiger partial charge is 0.373 e. The maximum absolute atomic E-state index is 12.5. The van der Waals surface area contributed by atoms with Crippen molar-refractivity contribution in [3.05, 3.63) is 29.8 Å². The van der Waals surface area contributed by atoms with Crippen molar-refractivity contribution in [1.82, 2.24) is 4.90 Å². The normalized spacial score (nSPS) is 17.5. The molecule has 0 aliphatic carbocycles. The third-order valence-electron chi connectivity index (χ3n) is 3.24. The number of rotatable bonds is 4. The molecule has 1 aromatic carbocycles. The Morgan fingerprint density at radius 3 is 2.70 bits per heavy atom. The van der Waals surface area contributed by atoms with E-state index in [1.165, 1.54) is 0 Å². The summed E-state index contributed by atoms with van der Waals surface area (Å²) >= 11 is 0. The number of hydrogen-bond acceptors (Lipinski definition) is 2. The van der Waals surface area contributed by atoms with E-state index < -0.39 is 24.7 Å². The van der Waals surface area contributed by atoms with Crippen molar-refractivity contribution in [1.29, 1.82) is 0 Å². The lowest BCUT2D eigenvalue weighted by Gasteiger charge is -2.26. The molecule has 0 saturated carbocycles. The van der Waals surface area contributed by atoms with Gasteiger partial charge in [-0.05, 0) is 18.1 Å². The SMILES string of the molecule is CCCN(CC(F)(F)F)C(=O)C1Cc2ccccc2N1. The molecule has 0 bridgehead atoms. The third-order valence-corrected chi connectivity index (χ3v) is 3.24. The molecule has 1 aliphatic heterocycles. The van der Waals surface area contributed by atoms with Crippen LogP contribution in [0.3, 0.4) is 0 Å². The molecule has 1 aromatic rings. The molecule has 20 heavy (non-hydrogen) atoms. The number of para-hydroxylation sites is 1. The number of carbonyl (C=O) groups is 1. The molecule has 1 aliphatic rings. The van der Waals surface area contributed by atoms with E-state index in [1.54, 1.807) is 6.92 Å². The molecular formula is C14H17F3N2O. The predicted molar refractivity (Wildman–Crippen MR) is 70.5 cm³/mol. The number of carbonyl (C=O) groups excluding carboxylic acids is 1. The fraction of sp³-hybridized carbons (Fsp3) is 0.500. The lowest BCUT2D eigenvalue weighted by molar-refractivity contribution is -0.161. The van der Waals surface area contributed by atoms with Gasteiger partial charge in [0, 0.05) is 18.7 Å². The zero-order valence-corrected chi connectivity index (χ0v) is 11.2. The molecule has 1 amide bonds. The van der Waals surface area contributed by atoms with Gasteiger partial charge in [-0.2, -0.15) is 13.2 Å². The monoisotopic (exact) mass is 286 g/mol. The maximum atomic E-state index is 12.5. The first-order valence-corrected chi connectivity index (χ1v) is 6.60. The number of nitrogens with zero attached hydrogens (tertiary/aromatic N) is 1. The minimum absolute atomic E-state index is 0.118. The second-order valence-electron chi connectivity index (χ2n) is 4.93. The Labute approximate surface area is 115 Å². The highest BCUT2D eigenvalue weighted by Gasteiger charge is 2.36. The zero-order chi connectivity index (χ0) is 14.8. The number of halogens is 3. The van der Waals surface area contributed by atoms with E-state index >= 15 is 0 Å². The topological polar surface area (TPSA) is 32.3 Å². The first-order chi connectivity index (χ1) is 9.40. The first-order valence-electron chi connectivity index (χ1n) is 6.60. The fourth-order valence-corrected chi connectivity index (χ4v) is 2.42. The number of nitrogens with one attached hydrogen (secondary N) is 1. The average Bonchev–Trinajstić information content (AvgIpc) is 2.79. The number of alkyl halides is 3. The van der Waals surface area contributed by atoms with Crippen LogP contribution in [0.15, 0.2) is 24.3 Å². The minimum Gasteiger partial charge on any atom is -0.373 e. The molecule has 6 heteroatoms. The third kappa shape index (κ3) is 3.43. The molecule has 0 radical (unpaired) electrons. The van der Waals surface area contributed by atoms with Crippen LogP contribution in [0.1, 0.15) is 18.9 Å². The van der Waals surface area contributed by atoms with E-state index in [1.807, 2.05) is 24.3 Å². The Bertz CT molecular complexity index is 463. The van der Waals surface area contributed by atoms with Gasteiger partial charge in [0.15, 0.2) is 0 Å². The standard InChI is InChI=1S/C14H17F3N2O/c1-2-7-19(9-14(15,16)17)13(20)12-8-10-5-3-4-6-11(10)18-12/h3-6,12,18H,2,7-9H2,1H3. The first kappa shape index (κ1) is 14.7. The van der Waals surface area contributed by atoms with Crippen molar-refractivity contribution < 1.29 is 18.0 Å². The van der Waals surface area contributed by atoms with Gasteiger partial charge in [0.1, 0.15) is 12.6 Å². The van der Waals surface area contributed by atoms with Gasteiger partial charge >= 0.3 is 6.18 Å². The van der Waals surface area contributed by atoms with Crippen molar-refractivity contribution in [2.75, 3.05) is 18.4 Å². The Balaban J connectivity index is 2.06. The number of hydrogen-bond donors (Lipinski definition) is 1. The van der Waals surface area contributed by atoms with E-state index in [2.05, 4.69) is 5.32 Å². The average molecular weight is 286 g/mol. The summed E-state index contributed by atoms with van der Waals surface area (Å²) in [6, 6.07) is 6.80. The van der Waals surface area contributed by atoms with Crippen LogP contribution in [-0.2, 0) is 11.2 Å². The highest BCUT2D eigenvalue weighted by atomic mass is 19.4. The summed E-state index contributed by atoms with van der Waals surface area (Å²) in [5, 5.41) is 3.00. The summed E-state index contributed by atoms with van der Waals surface area (Å²) in [4.78, 5) is 13.1. The minimum atomic E-state index is -4.36. The van der Waals surface area contributed by atoms with Crippen LogP contribution >= 0.6 is 0 Å². The summed E-state index contributed by atoms with van der Waals surface area (Å²) in [6.07, 6.45) is -3.43. The van der Waals surface area contributed by atoms with Crippen LogP contribution in [0.25, 0.3) is 0 Å². The van der Waals surface area contributed by atoms with Crippen LogP contribution in [-0.4, -0.2) is 36.1 Å². The van der Waals surface area contributed by atoms with E-state index in [9.17, 15) is 18.0 Å². The van der Waals surface area contributed by atoms with E-state index in [-0.39, 0.29) is 6.54 Å². The van der Waals surface area contributed by atoms with E-state index in [0.29, 0.717) is 12.8 Å².